The standard InChI is InChI=1S/C38H36F2N6O3/c1-2-27-30(39)7-4-22-12-26(47)14-28(31(22)27)32-23(15-41)13-29-34(33(32)40)43-36(44-35(29)46-16-24-5-6-25(17-46)42-24)48-21-37(9-10-37)18-45-19-38(20-45)8-3-11-49-38/h1,4,7,12-14,24-25,42,47H,3,5-6,8-11,16-21H2. The highest BCUT2D eigenvalue weighted by Crippen LogP contribution is 2.49. The minimum Gasteiger partial charge on any atom is -0.508 e. The molecule has 1 spiro atoms. The number of anilines is 1. The number of phenolic OH excluding ortho intramolecular Hbond substituents is 1. The molecule has 3 aromatic carbocycles. The van der Waals surface area contributed by atoms with E-state index in [-0.39, 0.29) is 68.0 Å². The second-order valence-corrected chi connectivity index (χ2v) is 14.7. The molecule has 5 fully saturated rings. The molecular weight excluding hydrogens is 626 g/mol. The molecule has 11 heteroatoms. The summed E-state index contributed by atoms with van der Waals surface area (Å²) in [5.74, 6) is 1.28. The number of nitriles is 1. The van der Waals surface area contributed by atoms with E-state index in [1.807, 2.05) is 0 Å². The molecule has 2 N–H and O–H groups in total. The van der Waals surface area contributed by atoms with Crippen molar-refractivity contribution in [2.24, 2.45) is 5.41 Å². The van der Waals surface area contributed by atoms with Gasteiger partial charge >= 0.3 is 6.01 Å². The van der Waals surface area contributed by atoms with E-state index in [2.05, 4.69) is 32.1 Å². The Bertz CT molecular complexity index is 2100. The van der Waals surface area contributed by atoms with Gasteiger partial charge in [-0.15, -0.1) is 6.42 Å². The van der Waals surface area contributed by atoms with Crippen LogP contribution in [0.2, 0.25) is 0 Å². The van der Waals surface area contributed by atoms with Gasteiger partial charge < -0.3 is 24.8 Å². The first kappa shape index (κ1) is 30.5. The third-order valence-corrected chi connectivity index (χ3v) is 11.2. The lowest BCUT2D eigenvalue weighted by atomic mass is 9.89. The number of hydrogen-bond acceptors (Lipinski definition) is 9. The van der Waals surface area contributed by atoms with Crippen LogP contribution in [0, 0.1) is 40.7 Å². The number of aromatic nitrogens is 2. The highest BCUT2D eigenvalue weighted by Gasteiger charge is 2.52. The SMILES string of the molecule is C#Cc1c(F)ccc2cc(O)cc(-c3c(C#N)cc4c(N5CC6CCC(C5)N6)nc(OCC5(CN6CC7(CCCO7)C6)CC5)nc4c3F)c12. The fourth-order valence-corrected chi connectivity index (χ4v) is 8.68. The smallest absolute Gasteiger partial charge is 0.319 e. The van der Waals surface area contributed by atoms with Gasteiger partial charge in [0.05, 0.1) is 29.4 Å². The van der Waals surface area contributed by atoms with Crippen molar-refractivity contribution in [2.45, 2.75) is 56.2 Å². The minimum atomic E-state index is -0.789. The maximum atomic E-state index is 17.2. The Morgan fingerprint density at radius 3 is 2.59 bits per heavy atom. The number of nitrogens with zero attached hydrogens (tertiary/aromatic N) is 5. The van der Waals surface area contributed by atoms with E-state index >= 15 is 4.39 Å². The third-order valence-electron chi connectivity index (χ3n) is 11.2. The van der Waals surface area contributed by atoms with Crippen LogP contribution in [-0.4, -0.2) is 83.6 Å². The summed E-state index contributed by atoms with van der Waals surface area (Å²) in [6.07, 6.45) is 12.1. The number of aromatic hydroxyl groups is 1. The lowest BCUT2D eigenvalue weighted by molar-refractivity contribution is -0.117. The molecule has 5 aliphatic rings. The van der Waals surface area contributed by atoms with Crippen LogP contribution >= 0.6 is 0 Å². The van der Waals surface area contributed by atoms with Crippen LogP contribution in [-0.2, 0) is 4.74 Å². The molecule has 250 valence electrons. The van der Waals surface area contributed by atoms with Gasteiger partial charge in [0.15, 0.2) is 5.82 Å². The van der Waals surface area contributed by atoms with Gasteiger partial charge in [0, 0.05) is 73.2 Å². The molecule has 5 heterocycles. The number of likely N-dealkylation sites (tertiary alicyclic amines) is 1. The maximum Gasteiger partial charge on any atom is 0.319 e. The number of benzene rings is 3. The number of phenols is 1. The zero-order valence-electron chi connectivity index (χ0n) is 27.1. The van der Waals surface area contributed by atoms with Crippen molar-refractivity contribution in [1.29, 1.82) is 5.26 Å². The highest BCUT2D eigenvalue weighted by atomic mass is 19.1. The number of halogens is 2. The molecule has 4 saturated heterocycles. The van der Waals surface area contributed by atoms with Gasteiger partial charge in [0.2, 0.25) is 0 Å². The van der Waals surface area contributed by atoms with Gasteiger partial charge in [-0.2, -0.15) is 15.2 Å². The maximum absolute atomic E-state index is 17.2. The Balaban J connectivity index is 1.14. The molecule has 1 aromatic heterocycles. The zero-order chi connectivity index (χ0) is 33.5. The van der Waals surface area contributed by atoms with Crippen LogP contribution in [0.5, 0.6) is 11.8 Å². The molecule has 2 atom stereocenters. The van der Waals surface area contributed by atoms with Crippen molar-refractivity contribution in [3.63, 3.8) is 0 Å². The Hall–Kier alpha value is -4.55. The molecule has 2 unspecified atom stereocenters. The Kier molecular flexibility index (Phi) is 7.00. The summed E-state index contributed by atoms with van der Waals surface area (Å²) < 4.78 is 44.5. The summed E-state index contributed by atoms with van der Waals surface area (Å²) in [7, 11) is 0. The number of hydrogen-bond donors (Lipinski definition) is 2. The van der Waals surface area contributed by atoms with Crippen molar-refractivity contribution < 1.29 is 23.4 Å². The number of piperazine rings is 1. The van der Waals surface area contributed by atoms with Gasteiger partial charge in [-0.3, -0.25) is 4.90 Å². The van der Waals surface area contributed by atoms with Crippen LogP contribution in [0.4, 0.5) is 14.6 Å². The summed E-state index contributed by atoms with van der Waals surface area (Å²) in [5, 5.41) is 25.7. The lowest BCUT2D eigenvalue weighted by Crippen LogP contribution is -2.62. The number of rotatable bonds is 7. The molecular formula is C38H36F2N6O3. The number of terminal acetylenes is 1. The first-order chi connectivity index (χ1) is 23.8. The van der Waals surface area contributed by atoms with Crippen LogP contribution in [0.25, 0.3) is 32.8 Å². The summed E-state index contributed by atoms with van der Waals surface area (Å²) in [5.41, 5.74) is -0.0928. The molecule has 4 aliphatic heterocycles. The molecule has 2 bridgehead atoms. The Morgan fingerprint density at radius 2 is 1.90 bits per heavy atom. The number of fused-ring (bicyclic) bond motifs is 4. The summed E-state index contributed by atoms with van der Waals surface area (Å²) in [6.45, 7) is 5.40. The monoisotopic (exact) mass is 662 g/mol. The third kappa shape index (κ3) is 5.15. The largest absolute Gasteiger partial charge is 0.508 e. The molecule has 49 heavy (non-hydrogen) atoms. The highest BCUT2D eigenvalue weighted by molar-refractivity contribution is 6.05. The van der Waals surface area contributed by atoms with Gasteiger partial charge in [-0.25, -0.2) is 8.78 Å². The Labute approximate surface area is 282 Å². The average Bonchev–Trinajstić information content (AvgIpc) is 3.51. The van der Waals surface area contributed by atoms with E-state index in [9.17, 15) is 14.8 Å². The molecule has 4 aromatic rings. The lowest BCUT2D eigenvalue weighted by Gasteiger charge is -2.48. The number of nitrogens with one attached hydrogen (secondary N) is 1. The zero-order valence-corrected chi connectivity index (χ0v) is 27.1. The predicted molar refractivity (Wildman–Crippen MR) is 180 cm³/mol. The van der Waals surface area contributed by atoms with E-state index in [4.69, 9.17) is 20.9 Å². The summed E-state index contributed by atoms with van der Waals surface area (Å²) >= 11 is 0. The van der Waals surface area contributed by atoms with Gasteiger partial charge in [0.25, 0.3) is 0 Å². The quantitative estimate of drug-likeness (QED) is 0.257. The van der Waals surface area contributed by atoms with E-state index < -0.39 is 11.6 Å². The van der Waals surface area contributed by atoms with Crippen molar-refractivity contribution >= 4 is 27.5 Å². The second-order valence-electron chi connectivity index (χ2n) is 14.7. The fraction of sp³-hybridized carbons (Fsp3) is 0.447. The molecule has 0 amide bonds. The fourth-order valence-electron chi connectivity index (χ4n) is 8.68. The van der Waals surface area contributed by atoms with Crippen molar-refractivity contribution in [2.75, 3.05) is 50.8 Å². The molecule has 9 rings (SSSR count). The number of ether oxygens (including phenoxy) is 2. The van der Waals surface area contributed by atoms with Crippen molar-refractivity contribution in [3.05, 3.63) is 53.1 Å². The van der Waals surface area contributed by atoms with Gasteiger partial charge in [0.1, 0.15) is 22.9 Å². The summed E-state index contributed by atoms with van der Waals surface area (Å²) in [4.78, 5) is 14.1. The van der Waals surface area contributed by atoms with Crippen LogP contribution in [0.1, 0.15) is 49.7 Å². The van der Waals surface area contributed by atoms with Crippen LogP contribution in [0.3, 0.4) is 0 Å². The van der Waals surface area contributed by atoms with E-state index in [0.29, 0.717) is 36.3 Å². The average molecular weight is 663 g/mol. The van der Waals surface area contributed by atoms with Gasteiger partial charge in [-0.05, 0) is 73.7 Å². The first-order valence-electron chi connectivity index (χ1n) is 17.1. The molecule has 9 nitrogen and oxygen atoms in total. The topological polar surface area (TPSA) is 107 Å². The van der Waals surface area contributed by atoms with Crippen molar-refractivity contribution in [1.82, 2.24) is 20.2 Å². The molecule has 0 radical (unpaired) electrons. The predicted octanol–water partition coefficient (Wildman–Crippen LogP) is 5.25. The molecule has 1 saturated carbocycles. The van der Waals surface area contributed by atoms with Crippen molar-refractivity contribution in [3.8, 4) is 41.3 Å². The normalized spacial score (nSPS) is 23.5. The van der Waals surface area contributed by atoms with Crippen LogP contribution < -0.4 is 15.0 Å². The van der Waals surface area contributed by atoms with E-state index in [1.165, 1.54) is 24.3 Å². The van der Waals surface area contributed by atoms with Gasteiger partial charge in [-0.1, -0.05) is 12.0 Å². The molecule has 1 aliphatic carbocycles. The van der Waals surface area contributed by atoms with Crippen LogP contribution in [0.15, 0.2) is 30.3 Å². The Morgan fingerprint density at radius 1 is 1.10 bits per heavy atom. The first-order valence-corrected chi connectivity index (χ1v) is 17.1. The second kappa shape index (κ2) is 11.2. The van der Waals surface area contributed by atoms with E-state index in [1.54, 1.807) is 6.07 Å². The van der Waals surface area contributed by atoms with E-state index in [0.717, 1.165) is 64.8 Å². The minimum absolute atomic E-state index is 0.00347. The summed E-state index contributed by atoms with van der Waals surface area (Å²) in [6, 6.07) is 9.79.